The number of nitrogens with zero attached hydrogens (tertiary/aromatic N) is 1. The number of fused-ring (bicyclic) bond motifs is 1. The molecule has 4 atom stereocenters. The molecule has 0 aromatic heterocycles. The van der Waals surface area contributed by atoms with Gasteiger partial charge in [0.25, 0.3) is 0 Å². The number of unbranched alkanes of at least 4 members (excludes halogenated alkanes) is 1. The first kappa shape index (κ1) is 26.1. The van der Waals surface area contributed by atoms with Crippen LogP contribution in [0.5, 0.6) is 0 Å². The second kappa shape index (κ2) is 11.5. The second-order valence-electron chi connectivity index (χ2n) is 11.0. The quantitative estimate of drug-likeness (QED) is 0.223. The highest BCUT2D eigenvalue weighted by molar-refractivity contribution is 7.83. The Kier molecular flexibility index (Phi) is 8.32. The molecule has 3 heteroatoms. The summed E-state index contributed by atoms with van der Waals surface area (Å²) in [6, 6.07) is 32.1. The average Bonchev–Trinajstić information content (AvgIpc) is 3.19. The second-order valence-corrected chi connectivity index (χ2v) is 17.8. The van der Waals surface area contributed by atoms with E-state index in [1.165, 1.54) is 56.2 Å². The lowest BCUT2D eigenvalue weighted by Gasteiger charge is -2.51. The Morgan fingerprint density at radius 3 is 1.64 bits per heavy atom. The van der Waals surface area contributed by atoms with Crippen molar-refractivity contribution in [3.63, 3.8) is 0 Å². The molecule has 3 aromatic carbocycles. The summed E-state index contributed by atoms with van der Waals surface area (Å²) >= 11 is 0. The monoisotopic (exact) mass is 515 g/mol. The summed E-state index contributed by atoms with van der Waals surface area (Å²) in [5, 5.41) is 0. The van der Waals surface area contributed by atoms with E-state index < -0.39 is 7.41 Å². The first-order valence-corrected chi connectivity index (χ1v) is 17.5. The maximum Gasteiger partial charge on any atom is 0.0845 e. The molecular weight excluding hydrogens is 472 g/mol. The molecule has 3 aromatic rings. The van der Waals surface area contributed by atoms with E-state index in [0.29, 0.717) is 22.6 Å². The molecule has 2 heterocycles. The number of rotatable bonds is 7. The molecule has 0 aliphatic carbocycles. The van der Waals surface area contributed by atoms with Crippen LogP contribution in [0.3, 0.4) is 0 Å². The Morgan fingerprint density at radius 2 is 1.19 bits per heavy atom. The molecule has 0 radical (unpaired) electrons. The van der Waals surface area contributed by atoms with E-state index in [-0.39, 0.29) is 8.07 Å². The molecule has 0 saturated carbocycles. The fourth-order valence-corrected chi connectivity index (χ4v) is 17.4. The van der Waals surface area contributed by atoms with Gasteiger partial charge in [-0.2, -0.15) is 11.1 Å². The summed E-state index contributed by atoms with van der Waals surface area (Å²) in [5.74, 6) is 0. The van der Waals surface area contributed by atoms with Gasteiger partial charge in [0.2, 0.25) is 0 Å². The van der Waals surface area contributed by atoms with Crippen molar-refractivity contribution in [2.45, 2.75) is 81.9 Å². The lowest BCUT2D eigenvalue weighted by Crippen LogP contribution is -2.30. The highest BCUT2D eigenvalue weighted by Gasteiger charge is 2.56. The van der Waals surface area contributed by atoms with Crippen LogP contribution in [0.25, 0.3) is 0 Å². The topological polar surface area (TPSA) is 3.24 Å². The van der Waals surface area contributed by atoms with E-state index in [0.717, 1.165) is 0 Å². The van der Waals surface area contributed by atoms with Crippen LogP contribution < -0.4 is 0 Å². The first-order valence-electron chi connectivity index (χ1n) is 14.0. The lowest BCUT2D eigenvalue weighted by atomic mass is 10.00. The Hall–Kier alpha value is -1.52. The van der Waals surface area contributed by atoms with Crippen molar-refractivity contribution >= 4 is 15.5 Å². The van der Waals surface area contributed by atoms with Gasteiger partial charge in [-0.05, 0) is 73.1 Å². The summed E-state index contributed by atoms with van der Waals surface area (Å²) in [6.45, 7) is 14.1. The maximum atomic E-state index is 5.41. The molecule has 0 spiro atoms. The zero-order valence-corrected chi connectivity index (χ0v) is 24.2. The van der Waals surface area contributed by atoms with Gasteiger partial charge in [0, 0.05) is 14.6 Å². The van der Waals surface area contributed by atoms with Crippen LogP contribution in [-0.2, 0) is 12.8 Å². The molecular formula is C33H43NP2. The molecule has 190 valence electrons. The molecule has 0 amide bonds. The minimum atomic E-state index is -1.77. The third kappa shape index (κ3) is 4.97. The van der Waals surface area contributed by atoms with Gasteiger partial charge in [-0.25, -0.2) is 0 Å². The van der Waals surface area contributed by atoms with E-state index in [2.05, 4.69) is 110 Å². The molecule has 2 unspecified atom stereocenters. The minimum Gasteiger partial charge on any atom is -0.188 e. The fourth-order valence-electron chi connectivity index (χ4n) is 6.96. The number of hydrogen-bond acceptors (Lipinski definition) is 1. The normalized spacial score (nSPS) is 27.5. The van der Waals surface area contributed by atoms with Gasteiger partial charge in [0.05, 0.1) is 11.3 Å². The summed E-state index contributed by atoms with van der Waals surface area (Å²) in [4.78, 5) is 0. The van der Waals surface area contributed by atoms with Crippen molar-refractivity contribution in [1.29, 1.82) is 0 Å². The van der Waals surface area contributed by atoms with Crippen LogP contribution >= 0.6 is 15.5 Å². The highest BCUT2D eigenvalue weighted by Crippen LogP contribution is 2.89. The van der Waals surface area contributed by atoms with Crippen molar-refractivity contribution in [3.05, 3.63) is 114 Å². The first-order chi connectivity index (χ1) is 17.5. The van der Waals surface area contributed by atoms with Gasteiger partial charge >= 0.3 is 0 Å². The van der Waals surface area contributed by atoms with Crippen molar-refractivity contribution < 1.29 is 0 Å². The largest absolute Gasteiger partial charge is 0.188 e. The van der Waals surface area contributed by atoms with Gasteiger partial charge in [-0.3, -0.25) is 0 Å². The van der Waals surface area contributed by atoms with Crippen LogP contribution in [0.1, 0.15) is 80.0 Å². The van der Waals surface area contributed by atoms with E-state index in [1.807, 2.05) is 0 Å². The van der Waals surface area contributed by atoms with Crippen LogP contribution in [0.4, 0.5) is 0 Å². The van der Waals surface area contributed by atoms with Crippen molar-refractivity contribution in [3.8, 4) is 0 Å². The molecule has 1 saturated heterocycles. The third-order valence-corrected chi connectivity index (χ3v) is 17.5. The minimum absolute atomic E-state index is 0.316. The van der Waals surface area contributed by atoms with Crippen molar-refractivity contribution in [1.82, 2.24) is 4.44 Å². The summed E-state index contributed by atoms with van der Waals surface area (Å²) < 4.78 is 3.12. The zero-order chi connectivity index (χ0) is 25.1. The Labute approximate surface area is 221 Å². The van der Waals surface area contributed by atoms with E-state index in [4.69, 9.17) is 6.66 Å². The summed E-state index contributed by atoms with van der Waals surface area (Å²) in [7, 11) is -2.09. The molecule has 1 fully saturated rings. The smallest absolute Gasteiger partial charge is 0.0845 e. The molecule has 0 bridgehead atoms. The van der Waals surface area contributed by atoms with Gasteiger partial charge < -0.3 is 0 Å². The Bertz CT molecular complexity index is 1040. The van der Waals surface area contributed by atoms with Crippen LogP contribution in [0.2, 0.25) is 0 Å². The summed E-state index contributed by atoms with van der Waals surface area (Å²) in [5.41, 5.74) is 8.70. The molecule has 2 aliphatic heterocycles. The number of hydrogen-bond donors (Lipinski definition) is 0. The predicted octanol–water partition coefficient (Wildman–Crippen LogP) is 10.1. The van der Waals surface area contributed by atoms with Gasteiger partial charge in [-0.1, -0.05) is 112 Å². The van der Waals surface area contributed by atoms with Gasteiger partial charge in [0.15, 0.2) is 0 Å². The lowest BCUT2D eigenvalue weighted by molar-refractivity contribution is 0.603. The number of benzene rings is 3. The summed E-state index contributed by atoms with van der Waals surface area (Å²) in [6.07, 6.45) is 7.45. The maximum absolute atomic E-state index is 5.41. The highest BCUT2D eigenvalue weighted by atomic mass is 31.2. The molecule has 1 nitrogen and oxygen atoms in total. The zero-order valence-electron chi connectivity index (χ0n) is 22.4. The molecule has 0 N–H and O–H groups in total. The van der Waals surface area contributed by atoms with Gasteiger partial charge in [-0.15, -0.1) is 0 Å². The van der Waals surface area contributed by atoms with Crippen LogP contribution in [-0.4, -0.2) is 22.3 Å². The van der Waals surface area contributed by atoms with E-state index in [9.17, 15) is 0 Å². The van der Waals surface area contributed by atoms with E-state index in [1.54, 1.807) is 11.1 Å². The van der Waals surface area contributed by atoms with Crippen LogP contribution in [0.15, 0.2) is 84.9 Å². The molecule has 5 rings (SSSR count). The molecule has 36 heavy (non-hydrogen) atoms. The average molecular weight is 516 g/mol. The SMILES string of the molecule is [CH2-][P+]1(N(CCCC)P2C(C)Cc3ccccc3CC2C)[C@H](c2ccccc2)CC[C@H]1c1ccccc1. The van der Waals surface area contributed by atoms with E-state index >= 15 is 0 Å². The van der Waals surface area contributed by atoms with Crippen molar-refractivity contribution in [2.75, 3.05) is 6.54 Å². The molecule has 2 aliphatic rings. The predicted molar refractivity (Wildman–Crippen MR) is 161 cm³/mol. The Morgan fingerprint density at radius 1 is 0.750 bits per heavy atom. The third-order valence-electron chi connectivity index (χ3n) is 8.62. The van der Waals surface area contributed by atoms with Crippen LogP contribution in [0, 0.1) is 6.66 Å². The van der Waals surface area contributed by atoms with Gasteiger partial charge in [0.1, 0.15) is 0 Å². The van der Waals surface area contributed by atoms with Crippen molar-refractivity contribution in [2.24, 2.45) is 0 Å². The standard InChI is InChI=1S/C33H43NP2/c1-5-6-23-34(35-26(2)24-30-19-13-14-20-31(30)25-27(35)3)36(4)32(28-15-9-7-10-16-28)21-22-33(36)29-17-11-8-12-18-29/h7-20,26-27,32-33H,4-6,21-25H2,1-3H3/t26?,27?,32-,33-,35?/m0/s1. The Balaban J connectivity index is 1.62. The fraction of sp³-hybridized carbons (Fsp3) is 0.424.